The van der Waals surface area contributed by atoms with E-state index in [1.807, 2.05) is 0 Å². The Morgan fingerprint density at radius 3 is 2.56 bits per heavy atom. The average molecular weight is 248 g/mol. The number of anilines is 1. The zero-order valence-electron chi connectivity index (χ0n) is 10.4. The van der Waals surface area contributed by atoms with E-state index in [4.69, 9.17) is 0 Å². The van der Waals surface area contributed by atoms with E-state index in [1.165, 1.54) is 12.1 Å². The molecule has 0 atom stereocenters. The van der Waals surface area contributed by atoms with Gasteiger partial charge in [0.15, 0.2) is 0 Å². The number of rotatable bonds is 2. The molecule has 3 nitrogen and oxygen atoms in total. The molecule has 1 aliphatic rings. The second-order valence-electron chi connectivity index (χ2n) is 4.31. The van der Waals surface area contributed by atoms with Crippen molar-refractivity contribution in [3.63, 3.8) is 0 Å². The zero-order valence-corrected chi connectivity index (χ0v) is 10.4. The standard InChI is InChI=1S/C14H17FN2O/c1-16-14(18)17(12-5-3-2-4-6-12)13-9-7-11(15)8-10-13/h5,7-10H,2-4,6H2,1H3,(H,16,18). The Morgan fingerprint density at radius 2 is 2.00 bits per heavy atom. The number of nitrogens with one attached hydrogen (secondary N) is 1. The maximum absolute atomic E-state index is 12.9. The number of amides is 2. The van der Waals surface area contributed by atoms with Gasteiger partial charge in [-0.05, 0) is 49.9 Å². The van der Waals surface area contributed by atoms with E-state index < -0.39 is 0 Å². The van der Waals surface area contributed by atoms with Crippen LogP contribution in [-0.2, 0) is 0 Å². The highest BCUT2D eigenvalue weighted by atomic mass is 19.1. The number of nitrogens with zero attached hydrogens (tertiary/aromatic N) is 1. The smallest absolute Gasteiger partial charge is 0.325 e. The maximum atomic E-state index is 12.9. The van der Waals surface area contributed by atoms with E-state index in [0.717, 1.165) is 31.4 Å². The Labute approximate surface area is 106 Å². The summed E-state index contributed by atoms with van der Waals surface area (Å²) >= 11 is 0. The molecule has 1 N–H and O–H groups in total. The lowest BCUT2D eigenvalue weighted by Crippen LogP contribution is -2.38. The second-order valence-corrected chi connectivity index (χ2v) is 4.31. The predicted octanol–water partition coefficient (Wildman–Crippen LogP) is 3.43. The number of hydrogen-bond donors (Lipinski definition) is 1. The fraction of sp³-hybridized carbons (Fsp3) is 0.357. The highest BCUT2D eigenvalue weighted by Crippen LogP contribution is 2.26. The number of carbonyl (C=O) groups excluding carboxylic acids is 1. The van der Waals surface area contributed by atoms with E-state index in [0.29, 0.717) is 5.69 Å². The van der Waals surface area contributed by atoms with Crippen molar-refractivity contribution in [2.45, 2.75) is 25.7 Å². The topological polar surface area (TPSA) is 32.3 Å². The van der Waals surface area contributed by atoms with E-state index in [9.17, 15) is 9.18 Å². The van der Waals surface area contributed by atoms with Crippen molar-refractivity contribution in [1.82, 2.24) is 5.32 Å². The Kier molecular flexibility index (Phi) is 3.97. The van der Waals surface area contributed by atoms with Gasteiger partial charge >= 0.3 is 6.03 Å². The van der Waals surface area contributed by atoms with Gasteiger partial charge in [0.2, 0.25) is 0 Å². The van der Waals surface area contributed by atoms with Crippen LogP contribution in [-0.4, -0.2) is 13.1 Å². The summed E-state index contributed by atoms with van der Waals surface area (Å²) in [4.78, 5) is 13.6. The Hall–Kier alpha value is -1.84. The molecule has 0 aliphatic heterocycles. The van der Waals surface area contributed by atoms with Gasteiger partial charge in [0.1, 0.15) is 5.82 Å². The molecule has 96 valence electrons. The summed E-state index contributed by atoms with van der Waals surface area (Å²) in [6.07, 6.45) is 6.20. The largest absolute Gasteiger partial charge is 0.340 e. The zero-order chi connectivity index (χ0) is 13.0. The van der Waals surface area contributed by atoms with Crippen LogP contribution in [0, 0.1) is 5.82 Å². The number of urea groups is 1. The average Bonchev–Trinajstić information content (AvgIpc) is 2.42. The van der Waals surface area contributed by atoms with Crippen LogP contribution in [0.5, 0.6) is 0 Å². The first-order valence-electron chi connectivity index (χ1n) is 6.19. The minimum Gasteiger partial charge on any atom is -0.340 e. The van der Waals surface area contributed by atoms with Gasteiger partial charge in [0, 0.05) is 12.7 Å². The molecule has 1 aromatic carbocycles. The molecule has 0 aromatic heterocycles. The van der Waals surface area contributed by atoms with Gasteiger partial charge in [-0.15, -0.1) is 0 Å². The minimum atomic E-state index is -0.298. The van der Waals surface area contributed by atoms with Gasteiger partial charge in [0.05, 0.1) is 5.69 Å². The molecule has 0 radical (unpaired) electrons. The van der Waals surface area contributed by atoms with Gasteiger partial charge in [-0.2, -0.15) is 0 Å². The van der Waals surface area contributed by atoms with E-state index >= 15 is 0 Å². The summed E-state index contributed by atoms with van der Waals surface area (Å²) in [7, 11) is 1.60. The molecular formula is C14H17FN2O. The lowest BCUT2D eigenvalue weighted by molar-refractivity contribution is 0.249. The molecular weight excluding hydrogens is 231 g/mol. The maximum Gasteiger partial charge on any atom is 0.325 e. The molecule has 0 saturated heterocycles. The van der Waals surface area contributed by atoms with Crippen LogP contribution in [0.2, 0.25) is 0 Å². The highest BCUT2D eigenvalue weighted by Gasteiger charge is 2.20. The summed E-state index contributed by atoms with van der Waals surface area (Å²) in [5, 5.41) is 2.63. The third kappa shape index (κ3) is 2.70. The van der Waals surface area contributed by atoms with Gasteiger partial charge in [-0.3, -0.25) is 4.90 Å². The summed E-state index contributed by atoms with van der Waals surface area (Å²) in [5.41, 5.74) is 1.69. The van der Waals surface area contributed by atoms with Crippen molar-refractivity contribution in [2.24, 2.45) is 0 Å². The lowest BCUT2D eigenvalue weighted by atomic mass is 10.0. The van der Waals surface area contributed by atoms with Gasteiger partial charge in [-0.1, -0.05) is 6.08 Å². The summed E-state index contributed by atoms with van der Waals surface area (Å²) < 4.78 is 12.9. The molecule has 0 saturated carbocycles. The van der Waals surface area contributed by atoms with E-state index in [2.05, 4.69) is 11.4 Å². The predicted molar refractivity (Wildman–Crippen MR) is 69.9 cm³/mol. The molecule has 0 fully saturated rings. The summed E-state index contributed by atoms with van der Waals surface area (Å²) in [6.45, 7) is 0. The molecule has 0 unspecified atom stereocenters. The van der Waals surface area contributed by atoms with Crippen LogP contribution >= 0.6 is 0 Å². The van der Waals surface area contributed by atoms with Crippen LogP contribution in [0.25, 0.3) is 0 Å². The van der Waals surface area contributed by atoms with Crippen LogP contribution in [0.15, 0.2) is 36.0 Å². The molecule has 18 heavy (non-hydrogen) atoms. The Morgan fingerprint density at radius 1 is 1.28 bits per heavy atom. The first kappa shape index (κ1) is 12.6. The van der Waals surface area contributed by atoms with Gasteiger partial charge < -0.3 is 5.32 Å². The van der Waals surface area contributed by atoms with Gasteiger partial charge in [0.25, 0.3) is 0 Å². The summed E-state index contributed by atoms with van der Waals surface area (Å²) in [5.74, 6) is -0.298. The molecule has 0 heterocycles. The number of carbonyl (C=O) groups is 1. The van der Waals surface area contributed by atoms with Crippen molar-refractivity contribution in [2.75, 3.05) is 11.9 Å². The van der Waals surface area contributed by atoms with Crippen molar-refractivity contribution >= 4 is 11.7 Å². The number of hydrogen-bond acceptors (Lipinski definition) is 1. The molecule has 1 aliphatic carbocycles. The van der Waals surface area contributed by atoms with Crippen LogP contribution in [0.4, 0.5) is 14.9 Å². The second kappa shape index (κ2) is 5.67. The van der Waals surface area contributed by atoms with Crippen LogP contribution in [0.3, 0.4) is 0 Å². The normalized spacial score (nSPS) is 14.9. The fourth-order valence-corrected chi connectivity index (χ4v) is 2.14. The molecule has 2 rings (SSSR count). The molecule has 4 heteroatoms. The highest BCUT2D eigenvalue weighted by molar-refractivity contribution is 5.94. The van der Waals surface area contributed by atoms with Gasteiger partial charge in [-0.25, -0.2) is 9.18 Å². The fourth-order valence-electron chi connectivity index (χ4n) is 2.14. The Balaban J connectivity index is 2.33. The monoisotopic (exact) mass is 248 g/mol. The van der Waals surface area contributed by atoms with Crippen molar-refractivity contribution in [3.8, 4) is 0 Å². The van der Waals surface area contributed by atoms with E-state index in [-0.39, 0.29) is 11.8 Å². The number of benzene rings is 1. The third-order valence-electron chi connectivity index (χ3n) is 3.06. The molecule has 0 bridgehead atoms. The van der Waals surface area contributed by atoms with Crippen LogP contribution in [0.1, 0.15) is 25.7 Å². The minimum absolute atomic E-state index is 0.185. The molecule has 2 amide bonds. The molecule has 1 aromatic rings. The Bertz CT molecular complexity index is 453. The van der Waals surface area contributed by atoms with Crippen molar-refractivity contribution in [1.29, 1.82) is 0 Å². The first-order valence-corrected chi connectivity index (χ1v) is 6.19. The van der Waals surface area contributed by atoms with E-state index in [1.54, 1.807) is 24.1 Å². The first-order chi connectivity index (χ1) is 8.72. The number of allylic oxidation sites excluding steroid dienone is 2. The lowest BCUT2D eigenvalue weighted by Gasteiger charge is -2.27. The molecule has 0 spiro atoms. The SMILES string of the molecule is CNC(=O)N(C1=CCCCC1)c1ccc(F)cc1. The number of halogens is 1. The quantitative estimate of drug-likeness (QED) is 0.854. The van der Waals surface area contributed by atoms with Crippen molar-refractivity contribution in [3.05, 3.63) is 41.9 Å². The van der Waals surface area contributed by atoms with Crippen molar-refractivity contribution < 1.29 is 9.18 Å². The third-order valence-corrected chi connectivity index (χ3v) is 3.06. The van der Waals surface area contributed by atoms with Crippen LogP contribution < -0.4 is 10.2 Å². The summed E-state index contributed by atoms with van der Waals surface area (Å²) in [6, 6.07) is 5.80.